The van der Waals surface area contributed by atoms with Gasteiger partial charge < -0.3 is 16.4 Å². The predicted octanol–water partition coefficient (Wildman–Crippen LogP) is 0.549. The molecule has 1 aromatic rings. The molecule has 0 fully saturated rings. The number of hydrogen-bond acceptors (Lipinski definition) is 4. The molecule has 0 aliphatic rings. The van der Waals surface area contributed by atoms with Gasteiger partial charge in [-0.2, -0.15) is 0 Å². The molecule has 1 heterocycles. The molecule has 1 aromatic heterocycles. The second-order valence-electron chi connectivity index (χ2n) is 4.38. The topological polar surface area (TPSA) is 85.2 Å². The largest absolute Gasteiger partial charge is 0.368 e. The molecule has 0 saturated heterocycles. The molecular formula is C12H20N4O. The fourth-order valence-corrected chi connectivity index (χ4v) is 1.71. The van der Waals surface area contributed by atoms with E-state index in [0.717, 1.165) is 16.9 Å². The molecule has 0 saturated carbocycles. The SMILES string of the molecule is Cc1cc(CN)cnc1N(CC(N)=O)C(C)C. The molecule has 1 amide bonds. The molecule has 17 heavy (non-hydrogen) atoms. The van der Waals surface area contributed by atoms with Gasteiger partial charge in [-0.25, -0.2) is 4.98 Å². The number of aromatic nitrogens is 1. The lowest BCUT2D eigenvalue weighted by Gasteiger charge is -2.28. The normalized spacial score (nSPS) is 10.6. The Morgan fingerprint density at radius 3 is 2.59 bits per heavy atom. The maximum absolute atomic E-state index is 11.1. The number of pyridine rings is 1. The maximum atomic E-state index is 11.1. The zero-order valence-electron chi connectivity index (χ0n) is 10.6. The van der Waals surface area contributed by atoms with Crippen LogP contribution in [0.15, 0.2) is 12.3 Å². The highest BCUT2D eigenvalue weighted by molar-refractivity contribution is 5.79. The number of rotatable bonds is 5. The van der Waals surface area contributed by atoms with Crippen LogP contribution < -0.4 is 16.4 Å². The minimum absolute atomic E-state index is 0.164. The molecule has 0 bridgehead atoms. The number of primary amides is 1. The van der Waals surface area contributed by atoms with E-state index in [-0.39, 0.29) is 18.5 Å². The van der Waals surface area contributed by atoms with Crippen molar-refractivity contribution in [3.8, 4) is 0 Å². The molecule has 0 spiro atoms. The number of carbonyl (C=O) groups is 1. The monoisotopic (exact) mass is 236 g/mol. The standard InChI is InChI=1S/C12H20N4O/c1-8(2)16(7-11(14)17)12-9(3)4-10(5-13)6-15-12/h4,6,8H,5,7,13H2,1-3H3,(H2,14,17). The van der Waals surface area contributed by atoms with Crippen LogP contribution in [-0.4, -0.2) is 23.5 Å². The van der Waals surface area contributed by atoms with Gasteiger partial charge in [-0.3, -0.25) is 4.79 Å². The average Bonchev–Trinajstić information content (AvgIpc) is 2.25. The van der Waals surface area contributed by atoms with E-state index in [4.69, 9.17) is 11.5 Å². The van der Waals surface area contributed by atoms with Crippen LogP contribution in [0.1, 0.15) is 25.0 Å². The average molecular weight is 236 g/mol. The highest BCUT2D eigenvalue weighted by Crippen LogP contribution is 2.19. The van der Waals surface area contributed by atoms with Crippen LogP contribution in [0.2, 0.25) is 0 Å². The van der Waals surface area contributed by atoms with E-state index in [2.05, 4.69) is 4.98 Å². The van der Waals surface area contributed by atoms with Crippen molar-refractivity contribution < 1.29 is 4.79 Å². The Morgan fingerprint density at radius 1 is 1.53 bits per heavy atom. The molecule has 94 valence electrons. The quantitative estimate of drug-likeness (QED) is 0.781. The first-order chi connectivity index (χ1) is 7.95. The minimum atomic E-state index is -0.359. The number of aryl methyl sites for hydroxylation is 1. The third-order valence-electron chi connectivity index (χ3n) is 2.56. The molecule has 0 atom stereocenters. The number of carbonyl (C=O) groups excluding carboxylic acids is 1. The Kier molecular flexibility index (Phi) is 4.45. The number of hydrogen-bond donors (Lipinski definition) is 2. The highest BCUT2D eigenvalue weighted by Gasteiger charge is 2.16. The first-order valence-electron chi connectivity index (χ1n) is 5.66. The molecule has 5 heteroatoms. The Hall–Kier alpha value is -1.62. The molecule has 0 aromatic carbocycles. The van der Waals surface area contributed by atoms with Crippen molar-refractivity contribution in [1.82, 2.24) is 4.98 Å². The Bertz CT molecular complexity index is 403. The van der Waals surface area contributed by atoms with Gasteiger partial charge in [-0.05, 0) is 38.0 Å². The van der Waals surface area contributed by atoms with Gasteiger partial charge in [0.05, 0.1) is 6.54 Å². The highest BCUT2D eigenvalue weighted by atomic mass is 16.1. The first kappa shape index (κ1) is 13.4. The zero-order chi connectivity index (χ0) is 13.0. The van der Waals surface area contributed by atoms with Gasteiger partial charge in [0.15, 0.2) is 0 Å². The molecule has 0 radical (unpaired) electrons. The number of nitrogens with two attached hydrogens (primary N) is 2. The van der Waals surface area contributed by atoms with Gasteiger partial charge in [-0.15, -0.1) is 0 Å². The van der Waals surface area contributed by atoms with Crippen molar-refractivity contribution in [3.63, 3.8) is 0 Å². The fourth-order valence-electron chi connectivity index (χ4n) is 1.71. The number of anilines is 1. The van der Waals surface area contributed by atoms with Crippen LogP contribution in [0.25, 0.3) is 0 Å². The summed E-state index contributed by atoms with van der Waals surface area (Å²) in [7, 11) is 0. The van der Waals surface area contributed by atoms with Crippen molar-refractivity contribution >= 4 is 11.7 Å². The van der Waals surface area contributed by atoms with Crippen molar-refractivity contribution in [2.24, 2.45) is 11.5 Å². The van der Waals surface area contributed by atoms with E-state index in [1.807, 2.05) is 31.7 Å². The Labute approximate surface area is 102 Å². The maximum Gasteiger partial charge on any atom is 0.237 e. The van der Waals surface area contributed by atoms with E-state index >= 15 is 0 Å². The van der Waals surface area contributed by atoms with Crippen LogP contribution in [0.4, 0.5) is 5.82 Å². The van der Waals surface area contributed by atoms with E-state index < -0.39 is 0 Å². The summed E-state index contributed by atoms with van der Waals surface area (Å²) in [6.45, 7) is 6.60. The summed E-state index contributed by atoms with van der Waals surface area (Å²) in [5, 5.41) is 0. The Morgan fingerprint density at radius 2 is 2.18 bits per heavy atom. The van der Waals surface area contributed by atoms with Crippen LogP contribution in [-0.2, 0) is 11.3 Å². The van der Waals surface area contributed by atoms with Crippen molar-refractivity contribution in [2.75, 3.05) is 11.4 Å². The third kappa shape index (κ3) is 3.42. The first-order valence-corrected chi connectivity index (χ1v) is 5.66. The molecular weight excluding hydrogens is 216 g/mol. The lowest BCUT2D eigenvalue weighted by Crippen LogP contribution is -2.39. The summed E-state index contributed by atoms with van der Waals surface area (Å²) in [4.78, 5) is 17.3. The lowest BCUT2D eigenvalue weighted by atomic mass is 10.1. The van der Waals surface area contributed by atoms with Crippen LogP contribution in [0.3, 0.4) is 0 Å². The summed E-state index contributed by atoms with van der Waals surface area (Å²) in [6.07, 6.45) is 1.73. The van der Waals surface area contributed by atoms with E-state index in [1.54, 1.807) is 6.20 Å². The van der Waals surface area contributed by atoms with E-state index in [0.29, 0.717) is 6.54 Å². The minimum Gasteiger partial charge on any atom is -0.368 e. The van der Waals surface area contributed by atoms with Gasteiger partial charge in [0.2, 0.25) is 5.91 Å². The van der Waals surface area contributed by atoms with Crippen LogP contribution in [0.5, 0.6) is 0 Å². The predicted molar refractivity (Wildman–Crippen MR) is 68.5 cm³/mol. The van der Waals surface area contributed by atoms with Gasteiger partial charge in [0, 0.05) is 18.8 Å². The fraction of sp³-hybridized carbons (Fsp3) is 0.500. The summed E-state index contributed by atoms with van der Waals surface area (Å²) in [6, 6.07) is 2.15. The summed E-state index contributed by atoms with van der Waals surface area (Å²) in [5.74, 6) is 0.429. The summed E-state index contributed by atoms with van der Waals surface area (Å²) < 4.78 is 0. The third-order valence-corrected chi connectivity index (χ3v) is 2.56. The van der Waals surface area contributed by atoms with Gasteiger partial charge in [-0.1, -0.05) is 0 Å². The molecule has 5 nitrogen and oxygen atoms in total. The second-order valence-corrected chi connectivity index (χ2v) is 4.38. The lowest BCUT2D eigenvalue weighted by molar-refractivity contribution is -0.116. The van der Waals surface area contributed by atoms with Gasteiger partial charge in [0.25, 0.3) is 0 Å². The molecule has 0 unspecified atom stereocenters. The molecule has 4 N–H and O–H groups in total. The summed E-state index contributed by atoms with van der Waals surface area (Å²) >= 11 is 0. The Balaban J connectivity index is 3.06. The smallest absolute Gasteiger partial charge is 0.237 e. The van der Waals surface area contributed by atoms with Gasteiger partial charge >= 0.3 is 0 Å². The van der Waals surface area contributed by atoms with Crippen LogP contribution in [0, 0.1) is 6.92 Å². The zero-order valence-corrected chi connectivity index (χ0v) is 10.6. The number of nitrogens with zero attached hydrogens (tertiary/aromatic N) is 2. The molecule has 0 aliphatic heterocycles. The summed E-state index contributed by atoms with van der Waals surface area (Å²) in [5.41, 5.74) is 12.8. The van der Waals surface area contributed by atoms with Crippen molar-refractivity contribution in [1.29, 1.82) is 0 Å². The van der Waals surface area contributed by atoms with Crippen LogP contribution >= 0.6 is 0 Å². The van der Waals surface area contributed by atoms with E-state index in [1.165, 1.54) is 0 Å². The molecule has 1 rings (SSSR count). The van der Waals surface area contributed by atoms with Crippen molar-refractivity contribution in [2.45, 2.75) is 33.4 Å². The second kappa shape index (κ2) is 5.63. The van der Waals surface area contributed by atoms with Gasteiger partial charge in [0.1, 0.15) is 5.82 Å². The van der Waals surface area contributed by atoms with Crippen molar-refractivity contribution in [3.05, 3.63) is 23.4 Å². The molecule has 0 aliphatic carbocycles. The van der Waals surface area contributed by atoms with E-state index in [9.17, 15) is 4.79 Å². The number of amides is 1.